The lowest BCUT2D eigenvalue weighted by atomic mass is 9.84. The molecule has 0 aliphatic rings. The first kappa shape index (κ1) is 20.7. The van der Waals surface area contributed by atoms with E-state index in [2.05, 4.69) is 0 Å². The maximum atomic E-state index is 13.0. The first-order valence-electron chi connectivity index (χ1n) is 8.60. The maximum absolute atomic E-state index is 13.0. The van der Waals surface area contributed by atoms with Crippen molar-refractivity contribution < 1.29 is 19.4 Å². The number of benzene rings is 2. The normalized spacial score (nSPS) is 11.6. The Labute approximate surface area is 164 Å². The number of rotatable bonds is 7. The number of ether oxygens (including phenoxy) is 1. The van der Waals surface area contributed by atoms with Crippen LogP contribution < -0.4 is 4.74 Å². The zero-order valence-electron chi connectivity index (χ0n) is 15.9. The Hall–Kier alpha value is -2.59. The second-order valence-electron chi connectivity index (χ2n) is 6.60. The Kier molecular flexibility index (Phi) is 6.81. The predicted octanol–water partition coefficient (Wildman–Crippen LogP) is 5.60. The second kappa shape index (κ2) is 8.87. The summed E-state index contributed by atoms with van der Waals surface area (Å²) in [5, 5.41) is 9.89. The summed E-state index contributed by atoms with van der Waals surface area (Å²) in [6, 6.07) is 12.2. The molecule has 0 fully saturated rings. The summed E-state index contributed by atoms with van der Waals surface area (Å²) in [5.74, 6) is -0.808. The number of carbonyl (C=O) groups is 2. The van der Waals surface area contributed by atoms with Crippen molar-refractivity contribution in [3.63, 3.8) is 0 Å². The zero-order valence-corrected chi connectivity index (χ0v) is 16.6. The fourth-order valence-corrected chi connectivity index (χ4v) is 3.13. The molecular formula is C22H23ClO4. The van der Waals surface area contributed by atoms with Crippen LogP contribution in [0.3, 0.4) is 0 Å². The number of halogens is 1. The lowest BCUT2D eigenvalue weighted by Gasteiger charge is -2.19. The number of Topliss-reactive ketones (excluding diaryl/α,β-unsaturated/α-hetero) is 1. The topological polar surface area (TPSA) is 63.6 Å². The van der Waals surface area contributed by atoms with Crippen LogP contribution in [0.4, 0.5) is 0 Å². The molecule has 1 unspecified atom stereocenters. The van der Waals surface area contributed by atoms with Crippen LogP contribution in [0.2, 0.25) is 5.02 Å². The van der Waals surface area contributed by atoms with Crippen molar-refractivity contribution in [1.29, 1.82) is 0 Å². The number of methoxy groups -OCH3 is 1. The number of hydrogen-bond acceptors (Lipinski definition) is 3. The van der Waals surface area contributed by atoms with Crippen LogP contribution in [0.25, 0.3) is 5.57 Å². The fraction of sp³-hybridized carbons (Fsp3) is 0.273. The van der Waals surface area contributed by atoms with Gasteiger partial charge < -0.3 is 9.84 Å². The molecule has 0 saturated carbocycles. The molecule has 0 heterocycles. The summed E-state index contributed by atoms with van der Waals surface area (Å²) in [5.41, 5.74) is 3.63. The molecule has 0 bridgehead atoms. The van der Waals surface area contributed by atoms with E-state index in [1.54, 1.807) is 43.5 Å². The molecular weight excluding hydrogens is 364 g/mol. The first-order chi connectivity index (χ1) is 12.7. The van der Waals surface area contributed by atoms with Gasteiger partial charge in [-0.25, -0.2) is 0 Å². The fourth-order valence-electron chi connectivity index (χ4n) is 3.00. The summed E-state index contributed by atoms with van der Waals surface area (Å²) in [6.07, 6.45) is -0.121. The van der Waals surface area contributed by atoms with Crippen LogP contribution in [0.15, 0.2) is 48.0 Å². The van der Waals surface area contributed by atoms with E-state index in [1.807, 2.05) is 26.8 Å². The Morgan fingerprint density at radius 3 is 2.26 bits per heavy atom. The highest BCUT2D eigenvalue weighted by Gasteiger charge is 2.23. The van der Waals surface area contributed by atoms with Gasteiger partial charge in [-0.1, -0.05) is 30.2 Å². The van der Waals surface area contributed by atoms with Crippen molar-refractivity contribution in [2.24, 2.45) is 0 Å². The molecule has 0 aliphatic heterocycles. The minimum Gasteiger partial charge on any atom is -0.497 e. The summed E-state index contributed by atoms with van der Waals surface area (Å²) in [7, 11) is 1.56. The van der Waals surface area contributed by atoms with Crippen molar-refractivity contribution >= 4 is 28.9 Å². The third-order valence-corrected chi connectivity index (χ3v) is 4.76. The largest absolute Gasteiger partial charge is 0.497 e. The smallest absolute Gasteiger partial charge is 0.307 e. The van der Waals surface area contributed by atoms with Gasteiger partial charge in [0, 0.05) is 16.5 Å². The Bertz CT molecular complexity index is 878. The van der Waals surface area contributed by atoms with Crippen LogP contribution in [-0.2, 0) is 4.79 Å². The average molecular weight is 387 g/mol. The number of ketones is 1. The number of carboxylic acids is 1. The van der Waals surface area contributed by atoms with E-state index in [0.717, 1.165) is 16.7 Å². The SMILES string of the molecule is COc1ccc(C(C)C(=O)c2ccc(Cl)cc2)c(C(CC(=O)O)=C(C)C)c1. The Balaban J connectivity index is 2.55. The molecule has 2 aromatic rings. The molecule has 1 atom stereocenters. The summed E-state index contributed by atoms with van der Waals surface area (Å²) < 4.78 is 5.31. The van der Waals surface area contributed by atoms with Gasteiger partial charge in [-0.05, 0) is 66.9 Å². The first-order valence-corrected chi connectivity index (χ1v) is 8.98. The van der Waals surface area contributed by atoms with Crippen LogP contribution in [0.5, 0.6) is 5.75 Å². The molecule has 1 N–H and O–H groups in total. The molecule has 0 saturated heterocycles. The van der Waals surface area contributed by atoms with E-state index in [9.17, 15) is 14.7 Å². The van der Waals surface area contributed by atoms with Gasteiger partial charge in [0.2, 0.25) is 0 Å². The predicted molar refractivity (Wildman–Crippen MR) is 108 cm³/mol. The van der Waals surface area contributed by atoms with E-state index in [-0.39, 0.29) is 12.2 Å². The van der Waals surface area contributed by atoms with E-state index >= 15 is 0 Å². The van der Waals surface area contributed by atoms with E-state index in [0.29, 0.717) is 21.9 Å². The van der Waals surface area contributed by atoms with Gasteiger partial charge in [-0.15, -0.1) is 0 Å². The minimum absolute atomic E-state index is 0.0542. The number of carboxylic acid groups (broad SMARTS) is 1. The molecule has 2 rings (SSSR count). The summed E-state index contributed by atoms with van der Waals surface area (Å²) in [6.45, 7) is 5.56. The third-order valence-electron chi connectivity index (χ3n) is 4.51. The van der Waals surface area contributed by atoms with Gasteiger partial charge in [0.25, 0.3) is 0 Å². The lowest BCUT2D eigenvalue weighted by molar-refractivity contribution is -0.135. The number of hydrogen-bond donors (Lipinski definition) is 1. The molecule has 5 heteroatoms. The monoisotopic (exact) mass is 386 g/mol. The molecule has 0 spiro atoms. The molecule has 0 amide bonds. The standard InChI is InChI=1S/C22H23ClO4/c1-13(2)19(12-21(24)25)20-11-17(27-4)9-10-18(20)14(3)22(26)15-5-7-16(23)8-6-15/h5-11,14H,12H2,1-4H3,(H,24,25). The van der Waals surface area contributed by atoms with Crippen molar-refractivity contribution in [2.45, 2.75) is 33.1 Å². The van der Waals surface area contributed by atoms with Gasteiger partial charge in [0.1, 0.15) is 5.75 Å². The van der Waals surface area contributed by atoms with Crippen LogP contribution in [-0.4, -0.2) is 24.0 Å². The molecule has 0 aliphatic carbocycles. The summed E-state index contributed by atoms with van der Waals surface area (Å²) >= 11 is 5.91. The lowest BCUT2D eigenvalue weighted by Crippen LogP contribution is -2.12. The van der Waals surface area contributed by atoms with E-state index < -0.39 is 11.9 Å². The Morgan fingerprint density at radius 2 is 1.74 bits per heavy atom. The Morgan fingerprint density at radius 1 is 1.11 bits per heavy atom. The number of aliphatic carboxylic acids is 1. The van der Waals surface area contributed by atoms with E-state index in [4.69, 9.17) is 16.3 Å². The highest BCUT2D eigenvalue weighted by molar-refractivity contribution is 6.30. The summed E-state index contributed by atoms with van der Waals surface area (Å²) in [4.78, 5) is 24.3. The third kappa shape index (κ3) is 4.98. The zero-order chi connectivity index (χ0) is 20.1. The van der Waals surface area contributed by atoms with Crippen molar-refractivity contribution in [1.82, 2.24) is 0 Å². The van der Waals surface area contributed by atoms with Gasteiger partial charge in [0.05, 0.1) is 13.5 Å². The van der Waals surface area contributed by atoms with Gasteiger partial charge in [0.15, 0.2) is 5.78 Å². The van der Waals surface area contributed by atoms with Crippen LogP contribution >= 0.6 is 11.6 Å². The molecule has 2 aromatic carbocycles. The minimum atomic E-state index is -0.920. The molecule has 27 heavy (non-hydrogen) atoms. The van der Waals surface area contributed by atoms with Crippen LogP contribution in [0.1, 0.15) is 54.6 Å². The van der Waals surface area contributed by atoms with E-state index in [1.165, 1.54) is 0 Å². The van der Waals surface area contributed by atoms with Crippen molar-refractivity contribution in [3.8, 4) is 5.75 Å². The van der Waals surface area contributed by atoms with Gasteiger partial charge >= 0.3 is 5.97 Å². The molecule has 0 radical (unpaired) electrons. The van der Waals surface area contributed by atoms with Gasteiger partial charge in [-0.3, -0.25) is 9.59 Å². The van der Waals surface area contributed by atoms with Gasteiger partial charge in [-0.2, -0.15) is 0 Å². The highest BCUT2D eigenvalue weighted by Crippen LogP contribution is 2.34. The number of carbonyl (C=O) groups excluding carboxylic acids is 1. The van der Waals surface area contributed by atoms with Crippen molar-refractivity contribution in [3.05, 3.63) is 69.8 Å². The molecule has 142 valence electrons. The second-order valence-corrected chi connectivity index (χ2v) is 7.03. The van der Waals surface area contributed by atoms with Crippen LogP contribution in [0, 0.1) is 0 Å². The molecule has 4 nitrogen and oxygen atoms in total. The molecule has 0 aromatic heterocycles. The quantitative estimate of drug-likeness (QED) is 0.629. The average Bonchev–Trinajstić information content (AvgIpc) is 2.64. The van der Waals surface area contributed by atoms with Crippen molar-refractivity contribution in [2.75, 3.05) is 7.11 Å². The maximum Gasteiger partial charge on any atom is 0.307 e. The highest BCUT2D eigenvalue weighted by atomic mass is 35.5. The number of allylic oxidation sites excluding steroid dienone is 1.